The van der Waals surface area contributed by atoms with E-state index in [1.165, 1.54) is 19.3 Å². The second-order valence-electron chi connectivity index (χ2n) is 4.07. The smallest absolute Gasteiger partial charge is 0.0147 e. The van der Waals surface area contributed by atoms with Crippen molar-refractivity contribution in [1.82, 2.24) is 0 Å². The fourth-order valence-corrected chi connectivity index (χ4v) is 1.38. The summed E-state index contributed by atoms with van der Waals surface area (Å²) in [6, 6.07) is 0. The van der Waals surface area contributed by atoms with E-state index in [1.54, 1.807) is 5.92 Å². The number of allylic oxidation sites excluding steroid dienone is 2. The Labute approximate surface area is 64.3 Å². The molecule has 1 aliphatic carbocycles. The minimum atomic E-state index is 0.435. The second-order valence-corrected chi connectivity index (χ2v) is 4.07. The molecule has 0 N–H and O–H groups in total. The SMILES string of the molecule is CC(C)(C)[C]1CC=CCC1. The molecule has 0 nitrogen and oxygen atoms in total. The van der Waals surface area contributed by atoms with Crippen LogP contribution in [0.5, 0.6) is 0 Å². The third-order valence-corrected chi connectivity index (χ3v) is 2.20. The van der Waals surface area contributed by atoms with Gasteiger partial charge in [-0.15, -0.1) is 0 Å². The largest absolute Gasteiger partial charge is 0.0885 e. The van der Waals surface area contributed by atoms with Crippen molar-refractivity contribution in [2.75, 3.05) is 0 Å². The number of hydrogen-bond acceptors (Lipinski definition) is 0. The van der Waals surface area contributed by atoms with E-state index in [4.69, 9.17) is 0 Å². The van der Waals surface area contributed by atoms with Crippen LogP contribution in [-0.4, -0.2) is 0 Å². The maximum atomic E-state index is 2.31. The molecule has 0 bridgehead atoms. The summed E-state index contributed by atoms with van der Waals surface area (Å²) in [5.41, 5.74) is 0.435. The van der Waals surface area contributed by atoms with Gasteiger partial charge >= 0.3 is 0 Å². The minimum absolute atomic E-state index is 0.435. The van der Waals surface area contributed by atoms with E-state index < -0.39 is 0 Å². The van der Waals surface area contributed by atoms with Gasteiger partial charge in [-0.25, -0.2) is 0 Å². The topological polar surface area (TPSA) is 0 Å². The predicted molar refractivity (Wildman–Crippen MR) is 45.7 cm³/mol. The first kappa shape index (κ1) is 7.84. The second kappa shape index (κ2) is 2.77. The number of rotatable bonds is 0. The third kappa shape index (κ3) is 1.86. The zero-order valence-electron chi connectivity index (χ0n) is 7.28. The standard InChI is InChI=1S/C10H17/c1-10(2,3)9-7-5-4-6-8-9/h4-5H,6-8H2,1-3H3. The molecule has 0 atom stereocenters. The molecule has 0 saturated heterocycles. The quantitative estimate of drug-likeness (QED) is 0.449. The van der Waals surface area contributed by atoms with Crippen LogP contribution in [0.3, 0.4) is 0 Å². The molecular formula is C10H17. The van der Waals surface area contributed by atoms with Gasteiger partial charge in [0.25, 0.3) is 0 Å². The first-order valence-corrected chi connectivity index (χ1v) is 4.11. The predicted octanol–water partition coefficient (Wildman–Crippen LogP) is 3.35. The molecule has 0 unspecified atom stereocenters. The van der Waals surface area contributed by atoms with Gasteiger partial charge in [0, 0.05) is 0 Å². The van der Waals surface area contributed by atoms with Crippen LogP contribution in [-0.2, 0) is 0 Å². The average Bonchev–Trinajstić information content (AvgIpc) is 1.88. The van der Waals surface area contributed by atoms with Crippen molar-refractivity contribution in [1.29, 1.82) is 0 Å². The van der Waals surface area contributed by atoms with Gasteiger partial charge in [-0.3, -0.25) is 0 Å². The van der Waals surface area contributed by atoms with Crippen LogP contribution in [0.1, 0.15) is 40.0 Å². The number of hydrogen-bond donors (Lipinski definition) is 0. The van der Waals surface area contributed by atoms with E-state index in [-0.39, 0.29) is 0 Å². The zero-order chi connectivity index (χ0) is 7.61. The Morgan fingerprint density at radius 3 is 2.20 bits per heavy atom. The highest BCUT2D eigenvalue weighted by Crippen LogP contribution is 2.36. The highest BCUT2D eigenvalue weighted by molar-refractivity contribution is 5.10. The Morgan fingerprint density at radius 2 is 1.90 bits per heavy atom. The van der Waals surface area contributed by atoms with Crippen molar-refractivity contribution in [3.63, 3.8) is 0 Å². The van der Waals surface area contributed by atoms with Crippen molar-refractivity contribution in [3.05, 3.63) is 18.1 Å². The molecule has 0 spiro atoms. The monoisotopic (exact) mass is 137 g/mol. The van der Waals surface area contributed by atoms with Gasteiger partial charge in [0.05, 0.1) is 0 Å². The van der Waals surface area contributed by atoms with Gasteiger partial charge in [-0.1, -0.05) is 32.9 Å². The molecule has 1 radical (unpaired) electrons. The Bertz CT molecular complexity index is 125. The van der Waals surface area contributed by atoms with Gasteiger partial charge in [0.1, 0.15) is 0 Å². The lowest BCUT2D eigenvalue weighted by molar-refractivity contribution is 0.392. The van der Waals surface area contributed by atoms with Crippen molar-refractivity contribution in [3.8, 4) is 0 Å². The van der Waals surface area contributed by atoms with Crippen LogP contribution in [0.2, 0.25) is 0 Å². The molecule has 0 aliphatic heterocycles. The lowest BCUT2D eigenvalue weighted by Crippen LogP contribution is -2.18. The molecule has 0 aromatic heterocycles. The first-order chi connectivity index (χ1) is 4.61. The molecule has 0 fully saturated rings. The van der Waals surface area contributed by atoms with Crippen molar-refractivity contribution in [2.24, 2.45) is 5.41 Å². The summed E-state index contributed by atoms with van der Waals surface area (Å²) in [7, 11) is 0. The summed E-state index contributed by atoms with van der Waals surface area (Å²) in [5, 5.41) is 0. The molecule has 0 aromatic rings. The fourth-order valence-electron chi connectivity index (χ4n) is 1.38. The maximum Gasteiger partial charge on any atom is -0.0147 e. The lowest BCUT2D eigenvalue weighted by Gasteiger charge is -2.30. The Morgan fingerprint density at radius 1 is 1.20 bits per heavy atom. The molecule has 1 aliphatic rings. The molecular weight excluding hydrogens is 120 g/mol. The molecule has 0 saturated carbocycles. The Balaban J connectivity index is 2.49. The summed E-state index contributed by atoms with van der Waals surface area (Å²) in [5.74, 6) is 1.70. The summed E-state index contributed by atoms with van der Waals surface area (Å²) in [6.45, 7) is 6.92. The normalized spacial score (nSPS) is 21.5. The van der Waals surface area contributed by atoms with Gasteiger partial charge in [-0.2, -0.15) is 0 Å². The summed E-state index contributed by atoms with van der Waals surface area (Å²) in [4.78, 5) is 0. The van der Waals surface area contributed by atoms with Crippen LogP contribution >= 0.6 is 0 Å². The first-order valence-electron chi connectivity index (χ1n) is 4.11. The summed E-state index contributed by atoms with van der Waals surface area (Å²) < 4.78 is 0. The third-order valence-electron chi connectivity index (χ3n) is 2.20. The van der Waals surface area contributed by atoms with E-state index in [9.17, 15) is 0 Å². The molecule has 0 amide bonds. The van der Waals surface area contributed by atoms with E-state index in [2.05, 4.69) is 32.9 Å². The van der Waals surface area contributed by atoms with E-state index in [1.807, 2.05) is 0 Å². The van der Waals surface area contributed by atoms with Crippen LogP contribution in [0.15, 0.2) is 12.2 Å². The van der Waals surface area contributed by atoms with Crippen LogP contribution in [0, 0.1) is 11.3 Å². The fraction of sp³-hybridized carbons (Fsp3) is 0.700. The lowest BCUT2D eigenvalue weighted by atomic mass is 9.74. The van der Waals surface area contributed by atoms with Gasteiger partial charge in [0.2, 0.25) is 0 Å². The van der Waals surface area contributed by atoms with Crippen molar-refractivity contribution in [2.45, 2.75) is 40.0 Å². The van der Waals surface area contributed by atoms with E-state index in [0.29, 0.717) is 5.41 Å². The van der Waals surface area contributed by atoms with E-state index in [0.717, 1.165) is 0 Å². The molecule has 1 rings (SSSR count). The Hall–Kier alpha value is -0.260. The maximum absolute atomic E-state index is 2.31. The van der Waals surface area contributed by atoms with E-state index >= 15 is 0 Å². The van der Waals surface area contributed by atoms with Crippen LogP contribution in [0.4, 0.5) is 0 Å². The minimum Gasteiger partial charge on any atom is -0.0885 e. The molecule has 10 heavy (non-hydrogen) atoms. The van der Waals surface area contributed by atoms with Crippen LogP contribution < -0.4 is 0 Å². The van der Waals surface area contributed by atoms with Crippen molar-refractivity contribution < 1.29 is 0 Å². The highest BCUT2D eigenvalue weighted by atomic mass is 14.3. The summed E-state index contributed by atoms with van der Waals surface area (Å²) >= 11 is 0. The molecule has 0 aromatic carbocycles. The van der Waals surface area contributed by atoms with Gasteiger partial charge in [0.15, 0.2) is 0 Å². The average molecular weight is 137 g/mol. The summed E-state index contributed by atoms with van der Waals surface area (Å²) in [6.07, 6.45) is 8.36. The molecule has 0 heteroatoms. The van der Waals surface area contributed by atoms with Gasteiger partial charge in [-0.05, 0) is 30.6 Å². The van der Waals surface area contributed by atoms with Crippen LogP contribution in [0.25, 0.3) is 0 Å². The zero-order valence-corrected chi connectivity index (χ0v) is 7.28. The molecule has 0 heterocycles. The molecule has 57 valence electrons. The Kier molecular flexibility index (Phi) is 2.18. The van der Waals surface area contributed by atoms with Crippen molar-refractivity contribution >= 4 is 0 Å². The highest BCUT2D eigenvalue weighted by Gasteiger charge is 2.24. The van der Waals surface area contributed by atoms with Gasteiger partial charge < -0.3 is 0 Å².